The molecule has 2 aliphatic heterocycles. The van der Waals surface area contributed by atoms with Crippen LogP contribution in [0.5, 0.6) is 5.88 Å². The van der Waals surface area contributed by atoms with Crippen molar-refractivity contribution in [2.24, 2.45) is 0 Å². The number of fused-ring (bicyclic) bond motifs is 2. The minimum Gasteiger partial charge on any atom is -0.481 e. The Bertz CT molecular complexity index is 941. The van der Waals surface area contributed by atoms with E-state index >= 15 is 0 Å². The summed E-state index contributed by atoms with van der Waals surface area (Å²) in [6.45, 7) is 3.15. The number of aliphatic hydroxyl groups is 1. The number of rotatable bonds is 8. The van der Waals surface area contributed by atoms with Gasteiger partial charge in [0.25, 0.3) is 0 Å². The molecule has 0 bridgehead atoms. The van der Waals surface area contributed by atoms with E-state index in [4.69, 9.17) is 14.6 Å². The van der Waals surface area contributed by atoms with Crippen molar-refractivity contribution in [3.8, 4) is 5.88 Å². The summed E-state index contributed by atoms with van der Waals surface area (Å²) >= 11 is 0. The van der Waals surface area contributed by atoms with Crippen LogP contribution in [0, 0.1) is 0 Å². The Labute approximate surface area is 188 Å². The SMILES string of the molecule is O=C(O)CCCOC1C=CC=C2Oc3ncccc3C(=CCCN3CCC(O)CC3)C=C21. The van der Waals surface area contributed by atoms with Crippen LogP contribution in [0.3, 0.4) is 0 Å². The molecule has 1 atom stereocenters. The first-order valence-electron chi connectivity index (χ1n) is 11.3. The van der Waals surface area contributed by atoms with Crippen LogP contribution in [-0.2, 0) is 9.53 Å². The quantitative estimate of drug-likeness (QED) is 0.602. The third kappa shape index (κ3) is 5.73. The molecule has 0 saturated carbocycles. The van der Waals surface area contributed by atoms with E-state index in [0.29, 0.717) is 24.7 Å². The molecule has 2 N–H and O–H groups in total. The first-order chi connectivity index (χ1) is 15.6. The minimum absolute atomic E-state index is 0.0860. The predicted octanol–water partition coefficient (Wildman–Crippen LogP) is 3.33. The number of carbonyl (C=O) groups is 1. The first-order valence-corrected chi connectivity index (χ1v) is 11.3. The van der Waals surface area contributed by atoms with E-state index in [1.807, 2.05) is 30.4 Å². The fourth-order valence-electron chi connectivity index (χ4n) is 4.16. The van der Waals surface area contributed by atoms with Crippen LogP contribution in [0.4, 0.5) is 0 Å². The molecule has 1 fully saturated rings. The van der Waals surface area contributed by atoms with E-state index in [1.165, 1.54) is 0 Å². The van der Waals surface area contributed by atoms with Crippen molar-refractivity contribution in [3.63, 3.8) is 0 Å². The lowest BCUT2D eigenvalue weighted by Gasteiger charge is -2.29. The Balaban J connectivity index is 1.51. The number of likely N-dealkylation sites (tertiary alicyclic amines) is 1. The highest BCUT2D eigenvalue weighted by molar-refractivity contribution is 5.80. The Morgan fingerprint density at radius 3 is 3.00 bits per heavy atom. The summed E-state index contributed by atoms with van der Waals surface area (Å²) in [5.41, 5.74) is 2.89. The highest BCUT2D eigenvalue weighted by Gasteiger charge is 2.26. The number of nitrogens with zero attached hydrogens (tertiary/aromatic N) is 2. The van der Waals surface area contributed by atoms with Gasteiger partial charge in [0.15, 0.2) is 0 Å². The summed E-state index contributed by atoms with van der Waals surface area (Å²) in [7, 11) is 0. The predicted molar refractivity (Wildman–Crippen MR) is 121 cm³/mol. The monoisotopic (exact) mass is 438 g/mol. The minimum atomic E-state index is -0.819. The number of aliphatic carboxylic acids is 1. The second kappa shape index (κ2) is 10.7. The molecule has 0 spiro atoms. The van der Waals surface area contributed by atoms with Crippen molar-refractivity contribution >= 4 is 11.5 Å². The number of pyridine rings is 1. The van der Waals surface area contributed by atoms with Crippen LogP contribution in [0.15, 0.2) is 60.0 Å². The number of allylic oxidation sites excluding steroid dienone is 4. The average molecular weight is 439 g/mol. The van der Waals surface area contributed by atoms with Crippen LogP contribution >= 0.6 is 0 Å². The summed E-state index contributed by atoms with van der Waals surface area (Å²) in [5.74, 6) is 0.446. The molecule has 0 radical (unpaired) electrons. The molecule has 7 nitrogen and oxygen atoms in total. The number of piperidine rings is 1. The van der Waals surface area contributed by atoms with E-state index in [-0.39, 0.29) is 18.6 Å². The van der Waals surface area contributed by atoms with Gasteiger partial charge >= 0.3 is 5.97 Å². The highest BCUT2D eigenvalue weighted by atomic mass is 16.5. The first kappa shape index (κ1) is 22.5. The lowest BCUT2D eigenvalue weighted by atomic mass is 9.97. The summed E-state index contributed by atoms with van der Waals surface area (Å²) in [5, 5.41) is 18.6. The van der Waals surface area contributed by atoms with E-state index in [9.17, 15) is 9.90 Å². The Kier molecular flexibility index (Phi) is 7.52. The van der Waals surface area contributed by atoms with Gasteiger partial charge in [0.1, 0.15) is 11.9 Å². The van der Waals surface area contributed by atoms with Gasteiger partial charge in [-0.1, -0.05) is 18.2 Å². The fraction of sp³-hybridized carbons (Fsp3) is 0.440. The van der Waals surface area contributed by atoms with E-state index in [2.05, 4.69) is 22.0 Å². The number of carboxylic acid groups (broad SMARTS) is 1. The molecule has 32 heavy (non-hydrogen) atoms. The molecule has 1 unspecified atom stereocenters. The summed E-state index contributed by atoms with van der Waals surface area (Å²) < 4.78 is 12.1. The van der Waals surface area contributed by atoms with E-state index in [1.54, 1.807) is 6.20 Å². The van der Waals surface area contributed by atoms with Gasteiger partial charge in [-0.3, -0.25) is 4.79 Å². The van der Waals surface area contributed by atoms with Crippen LogP contribution in [-0.4, -0.2) is 64.5 Å². The molecule has 3 aliphatic rings. The molecule has 1 aliphatic carbocycles. The van der Waals surface area contributed by atoms with Gasteiger partial charge in [-0.15, -0.1) is 0 Å². The summed E-state index contributed by atoms with van der Waals surface area (Å²) in [6, 6.07) is 3.92. The number of aliphatic hydroxyl groups excluding tert-OH is 1. The fourth-order valence-corrected chi connectivity index (χ4v) is 4.16. The molecule has 1 aromatic rings. The Morgan fingerprint density at radius 2 is 2.19 bits per heavy atom. The van der Waals surface area contributed by atoms with Gasteiger partial charge < -0.3 is 24.6 Å². The lowest BCUT2D eigenvalue weighted by Crippen LogP contribution is -2.36. The Hall–Kier alpha value is -2.74. The average Bonchev–Trinajstić information content (AvgIpc) is 2.95. The van der Waals surface area contributed by atoms with Crippen LogP contribution in [0.2, 0.25) is 0 Å². The zero-order chi connectivity index (χ0) is 22.3. The van der Waals surface area contributed by atoms with Crippen molar-refractivity contribution in [1.82, 2.24) is 9.88 Å². The highest BCUT2D eigenvalue weighted by Crippen LogP contribution is 2.36. The van der Waals surface area contributed by atoms with Gasteiger partial charge in [0.2, 0.25) is 5.88 Å². The molecule has 1 aromatic heterocycles. The Morgan fingerprint density at radius 1 is 1.34 bits per heavy atom. The van der Waals surface area contributed by atoms with Gasteiger partial charge in [-0.2, -0.15) is 0 Å². The molecule has 4 rings (SSSR count). The molecule has 1 saturated heterocycles. The van der Waals surface area contributed by atoms with Crippen LogP contribution in [0.25, 0.3) is 5.57 Å². The molecular weight excluding hydrogens is 408 g/mol. The van der Waals surface area contributed by atoms with Gasteiger partial charge in [-0.05, 0) is 55.5 Å². The zero-order valence-corrected chi connectivity index (χ0v) is 18.2. The zero-order valence-electron chi connectivity index (χ0n) is 18.2. The molecule has 0 amide bonds. The second-order valence-electron chi connectivity index (χ2n) is 8.28. The van der Waals surface area contributed by atoms with Gasteiger partial charge in [0.05, 0.1) is 6.10 Å². The summed E-state index contributed by atoms with van der Waals surface area (Å²) in [6.07, 6.45) is 14.4. The topological polar surface area (TPSA) is 92.1 Å². The summed E-state index contributed by atoms with van der Waals surface area (Å²) in [4.78, 5) is 17.6. The smallest absolute Gasteiger partial charge is 0.303 e. The number of aromatic nitrogens is 1. The number of hydrogen-bond acceptors (Lipinski definition) is 6. The van der Waals surface area contributed by atoms with Crippen molar-refractivity contribution < 1.29 is 24.5 Å². The standard InChI is InChI=1S/C25H30N2O5/c28-19-10-14-27(15-11-19)13-3-5-18-17-21-22(31-16-4-9-24(29)30)7-1-8-23(21)32-25-20(18)6-2-12-26-25/h1-2,5-8,12,17,19,22,28H,3-4,9-11,13-16H2,(H,29,30). The third-order valence-corrected chi connectivity index (χ3v) is 5.92. The largest absolute Gasteiger partial charge is 0.481 e. The maximum Gasteiger partial charge on any atom is 0.303 e. The van der Waals surface area contributed by atoms with Crippen molar-refractivity contribution in [2.45, 2.75) is 44.3 Å². The molecule has 0 aromatic carbocycles. The number of carboxylic acids is 1. The lowest BCUT2D eigenvalue weighted by molar-refractivity contribution is -0.137. The number of hydrogen-bond donors (Lipinski definition) is 2. The van der Waals surface area contributed by atoms with Crippen molar-refractivity contribution in [3.05, 3.63) is 65.6 Å². The maximum absolute atomic E-state index is 10.8. The van der Waals surface area contributed by atoms with Crippen LogP contribution < -0.4 is 4.74 Å². The van der Waals surface area contributed by atoms with Crippen LogP contribution in [0.1, 0.15) is 37.7 Å². The van der Waals surface area contributed by atoms with Crippen molar-refractivity contribution in [1.29, 1.82) is 0 Å². The van der Waals surface area contributed by atoms with Gasteiger partial charge in [-0.25, -0.2) is 4.98 Å². The third-order valence-electron chi connectivity index (χ3n) is 5.92. The van der Waals surface area contributed by atoms with Gasteiger partial charge in [0, 0.05) is 50.0 Å². The maximum atomic E-state index is 10.8. The second-order valence-corrected chi connectivity index (χ2v) is 8.28. The van der Waals surface area contributed by atoms with E-state index < -0.39 is 5.97 Å². The molecule has 170 valence electrons. The molecular formula is C25H30N2O5. The number of ether oxygens (including phenoxy) is 2. The normalized spacial score (nSPS) is 22.4. The molecule has 7 heteroatoms. The van der Waals surface area contributed by atoms with E-state index in [0.717, 1.165) is 55.6 Å². The molecule has 3 heterocycles. The van der Waals surface area contributed by atoms with Crippen molar-refractivity contribution in [2.75, 3.05) is 26.2 Å².